The Morgan fingerprint density at radius 1 is 0.283 bits per heavy atom. The van der Waals surface area contributed by atoms with E-state index in [4.69, 9.17) is 15.0 Å². The van der Waals surface area contributed by atoms with Gasteiger partial charge in [0.15, 0.2) is 17.5 Å². The van der Waals surface area contributed by atoms with E-state index in [0.717, 1.165) is 39.1 Å². The third-order valence-corrected chi connectivity index (χ3v) is 10.1. The molecule has 0 bridgehead atoms. The van der Waals surface area contributed by atoms with Crippen molar-refractivity contribution in [1.29, 1.82) is 0 Å². The highest BCUT2D eigenvalue weighted by molar-refractivity contribution is 6.10. The average Bonchev–Trinajstić information content (AvgIpc) is 3.58. The Hall–Kier alpha value is -7.17. The Morgan fingerprint density at radius 3 is 1.40 bits per heavy atom. The molecule has 0 aliphatic carbocycles. The van der Waals surface area contributed by atoms with Gasteiger partial charge in [-0.25, -0.2) is 15.0 Å². The molecule has 2 aromatic heterocycles. The van der Waals surface area contributed by atoms with E-state index < -0.39 is 0 Å². The van der Waals surface area contributed by atoms with E-state index in [2.05, 4.69) is 162 Å². The molecule has 0 saturated heterocycles. The first-order chi connectivity index (χ1) is 26.2. The lowest BCUT2D eigenvalue weighted by atomic mass is 10.0. The molecule has 2 heterocycles. The summed E-state index contributed by atoms with van der Waals surface area (Å²) in [4.78, 5) is 14.9. The summed E-state index contributed by atoms with van der Waals surface area (Å²) < 4.78 is 2.39. The molecule has 248 valence electrons. The first-order valence-corrected chi connectivity index (χ1v) is 17.9. The molecule has 53 heavy (non-hydrogen) atoms. The van der Waals surface area contributed by atoms with Crippen molar-refractivity contribution < 1.29 is 0 Å². The van der Waals surface area contributed by atoms with Gasteiger partial charge in [0, 0.05) is 33.2 Å². The average molecular weight is 677 g/mol. The van der Waals surface area contributed by atoms with Gasteiger partial charge in [-0.2, -0.15) is 0 Å². The second-order valence-corrected chi connectivity index (χ2v) is 13.3. The topological polar surface area (TPSA) is 43.6 Å². The Kier molecular flexibility index (Phi) is 7.43. The van der Waals surface area contributed by atoms with Gasteiger partial charge in [0.1, 0.15) is 0 Å². The highest BCUT2D eigenvalue weighted by atomic mass is 15.0. The Labute approximate surface area is 307 Å². The molecule has 0 N–H and O–H groups in total. The van der Waals surface area contributed by atoms with E-state index in [1.54, 1.807) is 0 Å². The SMILES string of the molecule is c1ccc(-c2ccc(-c3nc(-c4ccccc4)nc(-c4ccc(-c5ccc6c7ccccc7n(-c7ccc8ccccc8c7)c6c5)cc4)n3)cc2)cc1. The monoisotopic (exact) mass is 676 g/mol. The summed E-state index contributed by atoms with van der Waals surface area (Å²) in [6.07, 6.45) is 0. The number of benzene rings is 8. The maximum absolute atomic E-state index is 5.01. The number of aromatic nitrogens is 4. The van der Waals surface area contributed by atoms with Crippen molar-refractivity contribution in [3.63, 3.8) is 0 Å². The van der Waals surface area contributed by atoms with Crippen LogP contribution < -0.4 is 0 Å². The van der Waals surface area contributed by atoms with Crippen molar-refractivity contribution in [2.75, 3.05) is 0 Å². The van der Waals surface area contributed by atoms with Crippen molar-refractivity contribution >= 4 is 32.6 Å². The largest absolute Gasteiger partial charge is 0.309 e. The summed E-state index contributed by atoms with van der Waals surface area (Å²) >= 11 is 0. The van der Waals surface area contributed by atoms with Crippen LogP contribution in [0.4, 0.5) is 0 Å². The van der Waals surface area contributed by atoms with Crippen LogP contribution in [-0.4, -0.2) is 19.5 Å². The fraction of sp³-hybridized carbons (Fsp3) is 0. The normalized spacial score (nSPS) is 11.4. The molecule has 8 aromatic carbocycles. The molecule has 0 atom stereocenters. The molecule has 0 spiro atoms. The summed E-state index contributed by atoms with van der Waals surface area (Å²) in [5.41, 5.74) is 10.9. The summed E-state index contributed by atoms with van der Waals surface area (Å²) in [6.45, 7) is 0. The molecule has 10 aromatic rings. The fourth-order valence-corrected chi connectivity index (χ4v) is 7.35. The summed E-state index contributed by atoms with van der Waals surface area (Å²) in [5, 5.41) is 4.94. The van der Waals surface area contributed by atoms with Crippen LogP contribution in [0.15, 0.2) is 194 Å². The van der Waals surface area contributed by atoms with E-state index in [0.29, 0.717) is 17.5 Å². The minimum absolute atomic E-state index is 0.638. The van der Waals surface area contributed by atoms with Gasteiger partial charge in [-0.1, -0.05) is 170 Å². The van der Waals surface area contributed by atoms with Crippen molar-refractivity contribution in [2.24, 2.45) is 0 Å². The van der Waals surface area contributed by atoms with E-state index >= 15 is 0 Å². The van der Waals surface area contributed by atoms with Gasteiger partial charge in [0.2, 0.25) is 0 Å². The van der Waals surface area contributed by atoms with Gasteiger partial charge in [-0.15, -0.1) is 0 Å². The van der Waals surface area contributed by atoms with Crippen molar-refractivity contribution in [1.82, 2.24) is 19.5 Å². The standard InChI is InChI=1S/C49H32N4/c1-3-11-33(12-4-1)35-19-23-38(24-20-35)48-50-47(37-14-5-2-6-15-37)51-49(52-48)39-25-21-36(22-26-39)41-28-30-44-43-17-9-10-18-45(43)53(46(44)32-41)42-29-27-34-13-7-8-16-40(34)31-42/h1-32H. The van der Waals surface area contributed by atoms with Crippen LogP contribution in [0.1, 0.15) is 0 Å². The van der Waals surface area contributed by atoms with Gasteiger partial charge in [-0.05, 0) is 57.3 Å². The Morgan fingerprint density at radius 2 is 0.736 bits per heavy atom. The molecule has 0 radical (unpaired) electrons. The molecule has 0 aliphatic heterocycles. The maximum atomic E-state index is 5.01. The third-order valence-electron chi connectivity index (χ3n) is 10.1. The van der Waals surface area contributed by atoms with Gasteiger partial charge in [0.25, 0.3) is 0 Å². The van der Waals surface area contributed by atoms with Gasteiger partial charge in [-0.3, -0.25) is 0 Å². The van der Waals surface area contributed by atoms with Crippen LogP contribution in [0.5, 0.6) is 0 Å². The highest BCUT2D eigenvalue weighted by Gasteiger charge is 2.15. The first-order valence-electron chi connectivity index (χ1n) is 17.9. The minimum Gasteiger partial charge on any atom is -0.309 e. The minimum atomic E-state index is 0.638. The molecule has 4 heteroatoms. The van der Waals surface area contributed by atoms with Crippen LogP contribution in [0, 0.1) is 0 Å². The zero-order chi connectivity index (χ0) is 35.1. The summed E-state index contributed by atoms with van der Waals surface area (Å²) in [5.74, 6) is 1.93. The van der Waals surface area contributed by atoms with E-state index in [1.807, 2.05) is 36.4 Å². The molecule has 0 saturated carbocycles. The molecule has 0 amide bonds. The van der Waals surface area contributed by atoms with E-state index in [9.17, 15) is 0 Å². The van der Waals surface area contributed by atoms with Crippen LogP contribution in [0.25, 0.3) is 94.7 Å². The predicted octanol–water partition coefficient (Wildman–Crippen LogP) is 12.5. The van der Waals surface area contributed by atoms with Crippen LogP contribution >= 0.6 is 0 Å². The second-order valence-electron chi connectivity index (χ2n) is 13.3. The highest BCUT2D eigenvalue weighted by Crippen LogP contribution is 2.36. The number of rotatable bonds is 6. The molecule has 10 rings (SSSR count). The number of hydrogen-bond donors (Lipinski definition) is 0. The number of para-hydroxylation sites is 1. The van der Waals surface area contributed by atoms with Gasteiger partial charge in [0.05, 0.1) is 11.0 Å². The fourth-order valence-electron chi connectivity index (χ4n) is 7.35. The summed E-state index contributed by atoms with van der Waals surface area (Å²) in [6, 6.07) is 68.2. The molecule has 4 nitrogen and oxygen atoms in total. The number of hydrogen-bond acceptors (Lipinski definition) is 3. The zero-order valence-electron chi connectivity index (χ0n) is 28.8. The Balaban J connectivity index is 1.04. The molecule has 0 unspecified atom stereocenters. The molecule has 0 fully saturated rings. The molecular weight excluding hydrogens is 645 g/mol. The second kappa shape index (κ2) is 12.9. The van der Waals surface area contributed by atoms with E-state index in [1.165, 1.54) is 38.1 Å². The van der Waals surface area contributed by atoms with Crippen molar-refractivity contribution in [3.05, 3.63) is 194 Å². The molecule has 0 aliphatic rings. The number of fused-ring (bicyclic) bond motifs is 4. The number of nitrogens with zero attached hydrogens (tertiary/aromatic N) is 4. The third kappa shape index (κ3) is 5.63. The van der Waals surface area contributed by atoms with Gasteiger partial charge >= 0.3 is 0 Å². The van der Waals surface area contributed by atoms with Crippen LogP contribution in [0.2, 0.25) is 0 Å². The molecular formula is C49H32N4. The lowest BCUT2D eigenvalue weighted by Crippen LogP contribution is -2.00. The lowest BCUT2D eigenvalue weighted by Gasteiger charge is -2.11. The maximum Gasteiger partial charge on any atom is 0.164 e. The lowest BCUT2D eigenvalue weighted by molar-refractivity contribution is 1.07. The Bertz CT molecular complexity index is 2910. The van der Waals surface area contributed by atoms with Crippen LogP contribution in [0.3, 0.4) is 0 Å². The quantitative estimate of drug-likeness (QED) is 0.176. The summed E-state index contributed by atoms with van der Waals surface area (Å²) in [7, 11) is 0. The smallest absolute Gasteiger partial charge is 0.164 e. The van der Waals surface area contributed by atoms with E-state index in [-0.39, 0.29) is 0 Å². The van der Waals surface area contributed by atoms with Gasteiger partial charge < -0.3 is 4.57 Å². The first kappa shape index (κ1) is 30.6. The van der Waals surface area contributed by atoms with Crippen LogP contribution in [-0.2, 0) is 0 Å². The van der Waals surface area contributed by atoms with Crippen molar-refractivity contribution in [2.45, 2.75) is 0 Å². The zero-order valence-corrected chi connectivity index (χ0v) is 28.8. The predicted molar refractivity (Wildman–Crippen MR) is 219 cm³/mol. The van der Waals surface area contributed by atoms with Crippen molar-refractivity contribution in [3.8, 4) is 62.1 Å².